The molecular formula is C27H28N4O2. The maximum Gasteiger partial charge on any atom is 0.257 e. The topological polar surface area (TPSA) is 78.5 Å². The lowest BCUT2D eigenvalue weighted by Gasteiger charge is -2.12. The second kappa shape index (κ2) is 10.5. The lowest BCUT2D eigenvalue weighted by atomic mass is 10.1. The van der Waals surface area contributed by atoms with Crippen molar-refractivity contribution >= 4 is 28.5 Å². The molecule has 3 N–H and O–H groups in total. The monoisotopic (exact) mass is 440 g/mol. The molecule has 1 amide bonds. The molecule has 0 spiro atoms. The van der Waals surface area contributed by atoms with E-state index in [1.165, 1.54) is 10.9 Å². The average Bonchev–Trinajstić information content (AvgIpc) is 3.24. The first-order valence-corrected chi connectivity index (χ1v) is 11.1. The van der Waals surface area contributed by atoms with Gasteiger partial charge in [0.25, 0.3) is 5.91 Å². The number of rotatable bonds is 7. The number of H-pyrrole nitrogens is 1. The lowest BCUT2D eigenvalue weighted by molar-refractivity contribution is 0.0977. The number of aromatic amines is 1. The molecule has 0 radical (unpaired) electrons. The number of guanidine groups is 1. The standard InChI is InChI=1S/C27H28N4O2/c1-3-33-23-14-10-20(11-15-23)26(32)31-27(30-22-12-8-19(2)9-13-22)28-17-16-21-18-29-25-7-5-4-6-24(21)25/h4-15,18,29H,3,16-17H2,1-2H3,(H2,28,30,31,32). The van der Waals surface area contributed by atoms with Crippen LogP contribution in [0.2, 0.25) is 0 Å². The van der Waals surface area contributed by atoms with Crippen LogP contribution in [0.4, 0.5) is 5.69 Å². The van der Waals surface area contributed by atoms with E-state index < -0.39 is 0 Å². The number of aryl methyl sites for hydroxylation is 1. The number of fused-ring (bicyclic) bond motifs is 1. The van der Waals surface area contributed by atoms with Crippen LogP contribution in [-0.4, -0.2) is 30.0 Å². The highest BCUT2D eigenvalue weighted by atomic mass is 16.5. The van der Waals surface area contributed by atoms with Crippen molar-refractivity contribution in [1.29, 1.82) is 0 Å². The first-order valence-electron chi connectivity index (χ1n) is 11.1. The summed E-state index contributed by atoms with van der Waals surface area (Å²) in [6.45, 7) is 5.07. The number of carbonyl (C=O) groups is 1. The Morgan fingerprint density at radius 3 is 2.52 bits per heavy atom. The maximum absolute atomic E-state index is 12.9. The Kier molecular flexibility index (Phi) is 7.05. The first kappa shape index (κ1) is 22.1. The summed E-state index contributed by atoms with van der Waals surface area (Å²) >= 11 is 0. The van der Waals surface area contributed by atoms with Gasteiger partial charge >= 0.3 is 0 Å². The van der Waals surface area contributed by atoms with E-state index in [-0.39, 0.29) is 5.91 Å². The van der Waals surface area contributed by atoms with Gasteiger partial charge in [0.05, 0.1) is 6.61 Å². The van der Waals surface area contributed by atoms with Gasteiger partial charge in [0.2, 0.25) is 5.96 Å². The van der Waals surface area contributed by atoms with Crippen LogP contribution < -0.4 is 15.4 Å². The third kappa shape index (κ3) is 5.80. The van der Waals surface area contributed by atoms with Crippen LogP contribution in [-0.2, 0) is 6.42 Å². The number of para-hydroxylation sites is 1. The number of anilines is 1. The van der Waals surface area contributed by atoms with Crippen molar-refractivity contribution < 1.29 is 9.53 Å². The summed E-state index contributed by atoms with van der Waals surface area (Å²) in [5.74, 6) is 0.917. The second-order valence-electron chi connectivity index (χ2n) is 7.74. The Morgan fingerprint density at radius 2 is 1.76 bits per heavy atom. The Bertz CT molecular complexity index is 1240. The summed E-state index contributed by atoms with van der Waals surface area (Å²) in [5.41, 5.74) is 4.86. The van der Waals surface area contributed by atoms with Crippen LogP contribution >= 0.6 is 0 Å². The van der Waals surface area contributed by atoms with Crippen molar-refractivity contribution in [2.45, 2.75) is 20.3 Å². The van der Waals surface area contributed by atoms with Gasteiger partial charge in [-0.1, -0.05) is 35.9 Å². The predicted octanol–water partition coefficient (Wildman–Crippen LogP) is 5.32. The highest BCUT2D eigenvalue weighted by molar-refractivity contribution is 6.10. The van der Waals surface area contributed by atoms with Crippen LogP contribution in [0.5, 0.6) is 5.75 Å². The molecule has 0 fully saturated rings. The molecule has 0 atom stereocenters. The molecule has 0 bridgehead atoms. The fourth-order valence-electron chi connectivity index (χ4n) is 3.56. The Morgan fingerprint density at radius 1 is 1.00 bits per heavy atom. The number of benzene rings is 3. The molecule has 0 saturated heterocycles. The van der Waals surface area contributed by atoms with Crippen molar-refractivity contribution in [3.63, 3.8) is 0 Å². The Hall–Kier alpha value is -4.06. The number of hydrogen-bond donors (Lipinski definition) is 3. The molecule has 0 aliphatic rings. The van der Waals surface area contributed by atoms with E-state index in [0.717, 1.165) is 28.9 Å². The quantitative estimate of drug-likeness (QED) is 0.269. The Labute approximate surface area is 193 Å². The number of ether oxygens (including phenoxy) is 1. The van der Waals surface area contributed by atoms with Gasteiger partial charge in [-0.3, -0.25) is 15.1 Å². The predicted molar refractivity (Wildman–Crippen MR) is 134 cm³/mol. The SMILES string of the molecule is CCOc1ccc(C(=O)NC(=NCCc2c[nH]c3ccccc23)Nc2ccc(C)cc2)cc1. The van der Waals surface area contributed by atoms with E-state index in [0.29, 0.717) is 24.7 Å². The van der Waals surface area contributed by atoms with Crippen LogP contribution in [0.25, 0.3) is 10.9 Å². The van der Waals surface area contributed by atoms with Crippen molar-refractivity contribution in [1.82, 2.24) is 10.3 Å². The van der Waals surface area contributed by atoms with Crippen LogP contribution in [0.3, 0.4) is 0 Å². The summed E-state index contributed by atoms with van der Waals surface area (Å²) in [6.07, 6.45) is 2.77. The molecule has 0 unspecified atom stereocenters. The van der Waals surface area contributed by atoms with Crippen molar-refractivity contribution in [3.8, 4) is 5.75 Å². The Balaban J connectivity index is 1.49. The van der Waals surface area contributed by atoms with E-state index in [9.17, 15) is 4.79 Å². The number of nitrogens with zero attached hydrogens (tertiary/aromatic N) is 1. The van der Waals surface area contributed by atoms with Crippen LogP contribution in [0.15, 0.2) is 84.0 Å². The van der Waals surface area contributed by atoms with Gasteiger partial charge in [-0.2, -0.15) is 0 Å². The molecule has 4 aromatic rings. The first-order chi connectivity index (χ1) is 16.1. The largest absolute Gasteiger partial charge is 0.494 e. The number of hydrogen-bond acceptors (Lipinski definition) is 3. The van der Waals surface area contributed by atoms with E-state index in [4.69, 9.17) is 4.74 Å². The molecular weight excluding hydrogens is 412 g/mol. The maximum atomic E-state index is 12.9. The van der Waals surface area contributed by atoms with E-state index in [2.05, 4.69) is 32.7 Å². The third-order valence-corrected chi connectivity index (χ3v) is 5.30. The molecule has 4 rings (SSSR count). The van der Waals surface area contributed by atoms with Crippen LogP contribution in [0.1, 0.15) is 28.4 Å². The number of aliphatic imine (C=N–C) groups is 1. The van der Waals surface area contributed by atoms with Crippen molar-refractivity contribution in [2.75, 3.05) is 18.5 Å². The van der Waals surface area contributed by atoms with Gasteiger partial charge in [-0.15, -0.1) is 0 Å². The van der Waals surface area contributed by atoms with Crippen LogP contribution in [0, 0.1) is 6.92 Å². The minimum Gasteiger partial charge on any atom is -0.494 e. The van der Waals surface area contributed by atoms with E-state index >= 15 is 0 Å². The lowest BCUT2D eigenvalue weighted by Crippen LogP contribution is -2.36. The van der Waals surface area contributed by atoms with Gasteiger partial charge in [0.1, 0.15) is 5.75 Å². The zero-order chi connectivity index (χ0) is 23.0. The van der Waals surface area contributed by atoms with Crippen molar-refractivity contribution in [3.05, 3.63) is 95.7 Å². The highest BCUT2D eigenvalue weighted by Gasteiger charge is 2.10. The number of nitrogens with one attached hydrogen (secondary N) is 3. The third-order valence-electron chi connectivity index (χ3n) is 5.30. The summed E-state index contributed by atoms with van der Waals surface area (Å²) in [5, 5.41) is 7.35. The zero-order valence-electron chi connectivity index (χ0n) is 18.9. The van der Waals surface area contributed by atoms with Gasteiger partial charge in [0.15, 0.2) is 0 Å². The summed E-state index contributed by atoms with van der Waals surface area (Å²) in [4.78, 5) is 20.8. The number of aromatic nitrogens is 1. The molecule has 168 valence electrons. The minimum absolute atomic E-state index is 0.233. The molecule has 6 heteroatoms. The zero-order valence-corrected chi connectivity index (χ0v) is 18.9. The molecule has 0 aliphatic heterocycles. The molecule has 6 nitrogen and oxygen atoms in total. The highest BCUT2D eigenvalue weighted by Crippen LogP contribution is 2.18. The average molecular weight is 441 g/mol. The normalized spacial score (nSPS) is 11.4. The molecule has 1 aromatic heterocycles. The molecule has 3 aromatic carbocycles. The summed E-state index contributed by atoms with van der Waals surface area (Å²) in [7, 11) is 0. The fraction of sp³-hybridized carbons (Fsp3) is 0.185. The molecule has 1 heterocycles. The van der Waals surface area contributed by atoms with Gasteiger partial charge in [0, 0.05) is 34.9 Å². The fourth-order valence-corrected chi connectivity index (χ4v) is 3.56. The van der Waals surface area contributed by atoms with Crippen molar-refractivity contribution in [2.24, 2.45) is 4.99 Å². The van der Waals surface area contributed by atoms with Gasteiger partial charge in [-0.25, -0.2) is 0 Å². The number of amides is 1. The minimum atomic E-state index is -0.233. The number of carbonyl (C=O) groups excluding carboxylic acids is 1. The smallest absolute Gasteiger partial charge is 0.257 e. The second-order valence-corrected chi connectivity index (χ2v) is 7.74. The van der Waals surface area contributed by atoms with E-state index in [1.54, 1.807) is 24.3 Å². The molecule has 33 heavy (non-hydrogen) atoms. The van der Waals surface area contributed by atoms with Gasteiger partial charge < -0.3 is 15.0 Å². The summed E-state index contributed by atoms with van der Waals surface area (Å²) < 4.78 is 5.46. The molecule has 0 aliphatic carbocycles. The van der Waals surface area contributed by atoms with E-state index in [1.807, 2.05) is 56.4 Å². The molecule has 0 saturated carbocycles. The summed E-state index contributed by atoms with van der Waals surface area (Å²) in [6, 6.07) is 23.2. The van der Waals surface area contributed by atoms with Gasteiger partial charge in [-0.05, 0) is 68.3 Å².